The van der Waals surface area contributed by atoms with E-state index in [1.165, 1.54) is 12.8 Å². The molecule has 0 atom stereocenters. The Morgan fingerprint density at radius 1 is 0.750 bits per heavy atom. The first-order valence-electron chi connectivity index (χ1n) is 6.52. The maximum Gasteiger partial charge on any atom is 0.319 e. The van der Waals surface area contributed by atoms with Crippen molar-refractivity contribution in [1.82, 2.24) is 0 Å². The zero-order valence-electron chi connectivity index (χ0n) is 11.4. The van der Waals surface area contributed by atoms with Gasteiger partial charge in [0.25, 0.3) is 0 Å². The normalized spacial score (nSPS) is 10.1. The van der Waals surface area contributed by atoms with Crippen LogP contribution in [-0.4, -0.2) is 13.2 Å². The lowest BCUT2D eigenvalue weighted by molar-refractivity contribution is 0.221. The van der Waals surface area contributed by atoms with Gasteiger partial charge in [-0.1, -0.05) is 53.4 Å². The van der Waals surface area contributed by atoms with Crippen LogP contribution in [-0.2, 0) is 13.6 Å². The molecule has 0 fully saturated rings. The lowest BCUT2D eigenvalue weighted by atomic mass is 10.4. The molecule has 0 saturated heterocycles. The zero-order valence-corrected chi connectivity index (χ0v) is 12.4. The van der Waals surface area contributed by atoms with E-state index in [4.69, 9.17) is 9.05 Å². The molecule has 100 valence electrons. The fraction of sp³-hybridized carbons (Fsp3) is 1.00. The van der Waals surface area contributed by atoms with Gasteiger partial charge in [-0.05, 0) is 12.8 Å². The van der Waals surface area contributed by atoms with Crippen molar-refractivity contribution >= 4 is 8.25 Å². The highest BCUT2D eigenvalue weighted by atomic mass is 31.1. The summed E-state index contributed by atoms with van der Waals surface area (Å²) in [6.07, 6.45) is 6.66. The van der Waals surface area contributed by atoms with E-state index in [0.717, 1.165) is 25.7 Å². The summed E-state index contributed by atoms with van der Waals surface area (Å²) in [5.74, 6) is 0. The van der Waals surface area contributed by atoms with Crippen LogP contribution >= 0.6 is 8.25 Å². The molecule has 0 radical (unpaired) electrons. The summed E-state index contributed by atoms with van der Waals surface area (Å²) in [5.41, 5.74) is 0. The lowest BCUT2D eigenvalue weighted by Crippen LogP contribution is -1.90. The minimum absolute atomic E-state index is 0.556. The van der Waals surface area contributed by atoms with Crippen LogP contribution in [0, 0.1) is 0 Å². The molecule has 0 aliphatic rings. The Balaban J connectivity index is 0. The third kappa shape index (κ3) is 19.7. The summed E-state index contributed by atoms with van der Waals surface area (Å²) >= 11 is 0. The van der Waals surface area contributed by atoms with Crippen molar-refractivity contribution in [3.05, 3.63) is 0 Å². The van der Waals surface area contributed by atoms with Crippen molar-refractivity contribution in [1.29, 1.82) is 0 Å². The predicted molar refractivity (Wildman–Crippen MR) is 71.3 cm³/mol. The Kier molecular flexibility index (Phi) is 20.3. The average molecular weight is 252 g/mol. The third-order valence-corrected chi connectivity index (χ3v) is 2.82. The monoisotopic (exact) mass is 252 g/mol. The summed E-state index contributed by atoms with van der Waals surface area (Å²) in [4.78, 5) is 0. The molecular formula is C12H29O3P. The van der Waals surface area contributed by atoms with Gasteiger partial charge in [-0.15, -0.1) is 0 Å². The fourth-order valence-corrected chi connectivity index (χ4v) is 1.35. The third-order valence-electron chi connectivity index (χ3n) is 1.94. The second-order valence-corrected chi connectivity index (χ2v) is 4.73. The Bertz CT molecular complexity index is 126. The van der Waals surface area contributed by atoms with Crippen LogP contribution in [0.2, 0.25) is 0 Å². The molecule has 3 nitrogen and oxygen atoms in total. The second kappa shape index (κ2) is 17.5. The number of hydrogen-bond donors (Lipinski definition) is 0. The van der Waals surface area contributed by atoms with Gasteiger partial charge >= 0.3 is 8.25 Å². The van der Waals surface area contributed by atoms with E-state index in [0.29, 0.717) is 13.2 Å². The van der Waals surface area contributed by atoms with Crippen LogP contribution < -0.4 is 0 Å². The molecule has 0 aromatic heterocycles. The molecule has 0 amide bonds. The summed E-state index contributed by atoms with van der Waals surface area (Å²) < 4.78 is 20.8. The zero-order chi connectivity index (χ0) is 12.6. The molecule has 0 aromatic rings. The van der Waals surface area contributed by atoms with Crippen LogP contribution in [0.3, 0.4) is 0 Å². The van der Waals surface area contributed by atoms with Crippen molar-refractivity contribution in [2.24, 2.45) is 0 Å². The van der Waals surface area contributed by atoms with E-state index in [-0.39, 0.29) is 0 Å². The predicted octanol–water partition coefficient (Wildman–Crippen LogP) is 4.82. The summed E-state index contributed by atoms with van der Waals surface area (Å²) in [5, 5.41) is 0. The van der Waals surface area contributed by atoms with E-state index in [1.807, 2.05) is 0 Å². The summed E-state index contributed by atoms with van der Waals surface area (Å²) in [7, 11) is -2.18. The molecule has 16 heavy (non-hydrogen) atoms. The molecule has 0 heterocycles. The van der Waals surface area contributed by atoms with Crippen molar-refractivity contribution in [3.63, 3.8) is 0 Å². The molecule has 0 N–H and O–H groups in total. The first kappa shape index (κ1) is 18.5. The molecule has 0 spiro atoms. The number of rotatable bonds is 9. The molecule has 0 aliphatic heterocycles. The molecule has 0 aromatic carbocycles. The van der Waals surface area contributed by atoms with Crippen molar-refractivity contribution in [3.8, 4) is 0 Å². The van der Waals surface area contributed by atoms with Gasteiger partial charge in [0.2, 0.25) is 0 Å². The van der Waals surface area contributed by atoms with Crippen LogP contribution in [0.25, 0.3) is 0 Å². The summed E-state index contributed by atoms with van der Waals surface area (Å²) in [6, 6.07) is 0. The minimum atomic E-state index is -2.18. The molecule has 0 unspecified atom stereocenters. The largest absolute Gasteiger partial charge is 0.319 e. The van der Waals surface area contributed by atoms with Gasteiger partial charge in [0.15, 0.2) is 0 Å². The van der Waals surface area contributed by atoms with Crippen LogP contribution in [0.5, 0.6) is 0 Å². The highest BCUT2D eigenvalue weighted by molar-refractivity contribution is 7.33. The number of unbranched alkanes of at least 4 members (excludes halogenated alkanes) is 3. The lowest BCUT2D eigenvalue weighted by Gasteiger charge is -2.03. The number of hydrogen-bond acceptors (Lipinski definition) is 3. The van der Waals surface area contributed by atoms with E-state index in [9.17, 15) is 4.57 Å². The van der Waals surface area contributed by atoms with Gasteiger partial charge < -0.3 is 9.05 Å². The second-order valence-electron chi connectivity index (χ2n) is 3.65. The molecule has 0 aliphatic carbocycles. The van der Waals surface area contributed by atoms with E-state index < -0.39 is 8.25 Å². The Hall–Kier alpha value is 0.150. The van der Waals surface area contributed by atoms with Crippen LogP contribution in [0.4, 0.5) is 0 Å². The highest BCUT2D eigenvalue weighted by Crippen LogP contribution is 2.24. The van der Waals surface area contributed by atoms with E-state index >= 15 is 0 Å². The molecule has 0 rings (SSSR count). The topological polar surface area (TPSA) is 35.5 Å². The SMILES string of the molecule is CCCC.CCCCO[PH](=O)OCCCC. The minimum Gasteiger partial charge on any atom is -0.311 e. The highest BCUT2D eigenvalue weighted by Gasteiger charge is 1.97. The molecule has 0 saturated carbocycles. The Morgan fingerprint density at radius 2 is 1.12 bits per heavy atom. The van der Waals surface area contributed by atoms with Gasteiger partial charge in [-0.3, -0.25) is 4.57 Å². The standard InChI is InChI=1S/C8H19O3P.C4H10/c1-3-5-7-10-12(9)11-8-6-4-2;1-3-4-2/h12H,3-8H2,1-2H3;3-4H2,1-2H3. The van der Waals surface area contributed by atoms with Gasteiger partial charge in [0.1, 0.15) is 0 Å². The fourth-order valence-electron chi connectivity index (χ4n) is 0.641. The van der Waals surface area contributed by atoms with Gasteiger partial charge in [-0.25, -0.2) is 0 Å². The quantitative estimate of drug-likeness (QED) is 0.436. The Labute approximate surface area is 102 Å². The molecule has 0 bridgehead atoms. The Morgan fingerprint density at radius 3 is 1.38 bits per heavy atom. The van der Waals surface area contributed by atoms with Crippen LogP contribution in [0.1, 0.15) is 66.2 Å². The van der Waals surface area contributed by atoms with E-state index in [2.05, 4.69) is 27.7 Å². The maximum atomic E-state index is 10.9. The first-order chi connectivity index (χ1) is 7.72. The van der Waals surface area contributed by atoms with Gasteiger partial charge in [0.05, 0.1) is 13.2 Å². The molecule has 4 heteroatoms. The average Bonchev–Trinajstić information content (AvgIpc) is 2.30. The summed E-state index contributed by atoms with van der Waals surface area (Å²) in [6.45, 7) is 9.61. The van der Waals surface area contributed by atoms with Crippen LogP contribution in [0.15, 0.2) is 0 Å². The van der Waals surface area contributed by atoms with Gasteiger partial charge in [-0.2, -0.15) is 0 Å². The first-order valence-corrected chi connectivity index (χ1v) is 7.74. The smallest absolute Gasteiger partial charge is 0.311 e. The van der Waals surface area contributed by atoms with Gasteiger partial charge in [0, 0.05) is 0 Å². The molecular weight excluding hydrogens is 223 g/mol. The van der Waals surface area contributed by atoms with Crippen molar-refractivity contribution < 1.29 is 13.6 Å². The van der Waals surface area contributed by atoms with Crippen molar-refractivity contribution in [2.75, 3.05) is 13.2 Å². The maximum absolute atomic E-state index is 10.9. The van der Waals surface area contributed by atoms with Crippen molar-refractivity contribution in [2.45, 2.75) is 66.2 Å². The van der Waals surface area contributed by atoms with E-state index in [1.54, 1.807) is 0 Å².